The molecule has 1 saturated carbocycles. The third kappa shape index (κ3) is 4.19. The van der Waals surface area contributed by atoms with Gasteiger partial charge in [0, 0.05) is 38.0 Å². The van der Waals surface area contributed by atoms with Crippen LogP contribution in [0.5, 0.6) is 0 Å². The highest BCUT2D eigenvalue weighted by Crippen LogP contribution is 2.40. The van der Waals surface area contributed by atoms with E-state index in [1.165, 1.54) is 5.56 Å². The number of carbonyl (C=O) groups excluding carboxylic acids is 1. The number of benzene rings is 1. The van der Waals surface area contributed by atoms with E-state index < -0.39 is 0 Å². The van der Waals surface area contributed by atoms with Crippen LogP contribution in [0.15, 0.2) is 36.5 Å². The highest BCUT2D eigenvalue weighted by Gasteiger charge is 2.33. The lowest BCUT2D eigenvalue weighted by molar-refractivity contribution is -0.124. The van der Waals surface area contributed by atoms with Gasteiger partial charge in [0.1, 0.15) is 5.82 Å². The quantitative estimate of drug-likeness (QED) is 0.773. The van der Waals surface area contributed by atoms with Crippen molar-refractivity contribution >= 4 is 23.1 Å². The number of nitrogens with one attached hydrogen (secondary N) is 1. The number of anilines is 3. The molecule has 1 amide bonds. The minimum absolute atomic E-state index is 0.0456. The van der Waals surface area contributed by atoms with Gasteiger partial charge in [-0.15, -0.1) is 0 Å². The normalized spacial score (nSPS) is 24.0. The molecule has 1 aromatic heterocycles. The maximum atomic E-state index is 13.8. The Balaban J connectivity index is 1.49. The highest BCUT2D eigenvalue weighted by atomic mass is 16.5. The molecule has 5 rings (SSSR count). The summed E-state index contributed by atoms with van der Waals surface area (Å²) in [6.07, 6.45) is 7.81. The van der Waals surface area contributed by atoms with Crippen LogP contribution in [0.25, 0.3) is 0 Å². The van der Waals surface area contributed by atoms with Crippen LogP contribution in [0.3, 0.4) is 0 Å². The zero-order chi connectivity index (χ0) is 21.2. The second-order valence-corrected chi connectivity index (χ2v) is 8.93. The van der Waals surface area contributed by atoms with Gasteiger partial charge in [-0.2, -0.15) is 0 Å². The highest BCUT2D eigenvalue weighted by molar-refractivity contribution is 5.99. The van der Waals surface area contributed by atoms with Gasteiger partial charge in [0.25, 0.3) is 0 Å². The molecule has 164 valence electrons. The summed E-state index contributed by atoms with van der Waals surface area (Å²) in [5.74, 6) is 1.58. The van der Waals surface area contributed by atoms with Crippen LogP contribution in [0, 0.1) is 5.92 Å². The van der Waals surface area contributed by atoms with E-state index in [0.717, 1.165) is 74.5 Å². The van der Waals surface area contributed by atoms with Gasteiger partial charge in [-0.1, -0.05) is 12.1 Å². The van der Waals surface area contributed by atoms with Crippen LogP contribution in [-0.2, 0) is 20.8 Å². The molecule has 2 aliphatic heterocycles. The first-order chi connectivity index (χ1) is 15.2. The topological polar surface area (TPSA) is 63.7 Å². The molecule has 2 fully saturated rings. The molecule has 0 spiro atoms. The number of nitrogens with zero attached hydrogens (tertiary/aromatic N) is 2. The third-order valence-corrected chi connectivity index (χ3v) is 7.10. The molecule has 3 aliphatic rings. The Morgan fingerprint density at radius 1 is 1.13 bits per heavy atom. The first-order valence-electron chi connectivity index (χ1n) is 11.5. The van der Waals surface area contributed by atoms with E-state index in [1.54, 1.807) is 13.3 Å². The zero-order valence-electron chi connectivity index (χ0n) is 18.2. The van der Waals surface area contributed by atoms with Crippen molar-refractivity contribution in [2.45, 2.75) is 57.1 Å². The Bertz CT molecular complexity index is 933. The van der Waals surface area contributed by atoms with Gasteiger partial charge in [0.2, 0.25) is 5.91 Å². The predicted octanol–water partition coefficient (Wildman–Crippen LogP) is 4.77. The van der Waals surface area contributed by atoms with Gasteiger partial charge in [0.05, 0.1) is 24.0 Å². The summed E-state index contributed by atoms with van der Waals surface area (Å²) in [5.41, 5.74) is 4.27. The largest absolute Gasteiger partial charge is 0.381 e. The molecule has 1 saturated heterocycles. The summed E-state index contributed by atoms with van der Waals surface area (Å²) in [6, 6.07) is 10.5. The molecule has 1 N–H and O–H groups in total. The Kier molecular flexibility index (Phi) is 5.92. The van der Waals surface area contributed by atoms with E-state index in [0.29, 0.717) is 12.5 Å². The fourth-order valence-corrected chi connectivity index (χ4v) is 5.19. The number of rotatable bonds is 3. The monoisotopic (exact) mass is 421 g/mol. The molecule has 6 heteroatoms. The maximum absolute atomic E-state index is 13.8. The first kappa shape index (κ1) is 20.5. The summed E-state index contributed by atoms with van der Waals surface area (Å²) >= 11 is 0. The lowest BCUT2D eigenvalue weighted by atomic mass is 9.86. The lowest BCUT2D eigenvalue weighted by Crippen LogP contribution is -2.38. The molecule has 0 unspecified atom stereocenters. The molecule has 1 aromatic carbocycles. The Morgan fingerprint density at radius 3 is 2.71 bits per heavy atom. The minimum Gasteiger partial charge on any atom is -0.381 e. The molecular formula is C25H31N3O3. The predicted molar refractivity (Wildman–Crippen MR) is 121 cm³/mol. The molecule has 2 aromatic rings. The number of fused-ring (bicyclic) bond motifs is 2. The van der Waals surface area contributed by atoms with Crippen LogP contribution in [0.2, 0.25) is 0 Å². The van der Waals surface area contributed by atoms with E-state index in [4.69, 9.17) is 9.47 Å². The molecule has 0 radical (unpaired) electrons. The third-order valence-electron chi connectivity index (χ3n) is 7.10. The average Bonchev–Trinajstić information content (AvgIpc) is 3.00. The standard InChI is InChI=1S/C25H31N3O3/c1-30-21-7-4-18(5-8-21)25(29)28-16-20-3-2-12-26-24(20)27-22-9-6-19(15-23(22)28)17-10-13-31-14-11-17/h2-3,6,9,12,15,17-18,21H,4-5,7-8,10-11,13-14,16H2,1H3,(H,26,27). The number of pyridine rings is 1. The number of hydrogen-bond donors (Lipinski definition) is 1. The van der Waals surface area contributed by atoms with E-state index in [9.17, 15) is 4.79 Å². The molecule has 31 heavy (non-hydrogen) atoms. The van der Waals surface area contributed by atoms with Gasteiger partial charge in [0.15, 0.2) is 0 Å². The summed E-state index contributed by atoms with van der Waals surface area (Å²) in [7, 11) is 1.77. The molecule has 6 nitrogen and oxygen atoms in total. The van der Waals surface area contributed by atoms with Gasteiger partial charge in [-0.25, -0.2) is 4.98 Å². The lowest BCUT2D eigenvalue weighted by Gasteiger charge is -2.32. The number of methoxy groups -OCH3 is 1. The van der Waals surface area contributed by atoms with Gasteiger partial charge < -0.3 is 19.7 Å². The van der Waals surface area contributed by atoms with Crippen molar-refractivity contribution in [3.63, 3.8) is 0 Å². The molecule has 0 atom stereocenters. The molecule has 1 aliphatic carbocycles. The average molecular weight is 422 g/mol. The summed E-state index contributed by atoms with van der Waals surface area (Å²) < 4.78 is 11.1. The Labute approximate surface area is 183 Å². The van der Waals surface area contributed by atoms with Crippen LogP contribution in [0.1, 0.15) is 55.6 Å². The molecule has 0 bridgehead atoms. The number of hydrogen-bond acceptors (Lipinski definition) is 5. The van der Waals surface area contributed by atoms with Crippen LogP contribution in [-0.4, -0.2) is 37.3 Å². The Morgan fingerprint density at radius 2 is 1.94 bits per heavy atom. The van der Waals surface area contributed by atoms with Crippen LogP contribution >= 0.6 is 0 Å². The van der Waals surface area contributed by atoms with Crippen LogP contribution in [0.4, 0.5) is 17.2 Å². The van der Waals surface area contributed by atoms with Crippen LogP contribution < -0.4 is 10.2 Å². The van der Waals surface area contributed by atoms with Gasteiger partial charge in [-0.05, 0) is 68.2 Å². The van der Waals surface area contributed by atoms with Crippen molar-refractivity contribution in [2.75, 3.05) is 30.5 Å². The summed E-state index contributed by atoms with van der Waals surface area (Å²) in [4.78, 5) is 20.3. The number of aromatic nitrogens is 1. The summed E-state index contributed by atoms with van der Waals surface area (Å²) in [6.45, 7) is 2.16. The maximum Gasteiger partial charge on any atom is 0.230 e. The summed E-state index contributed by atoms with van der Waals surface area (Å²) in [5, 5.41) is 3.49. The second kappa shape index (κ2) is 8.97. The number of carbonyl (C=O) groups is 1. The fraction of sp³-hybridized carbons (Fsp3) is 0.520. The number of amides is 1. The van der Waals surface area contributed by atoms with Crippen molar-refractivity contribution in [1.82, 2.24) is 4.98 Å². The fourth-order valence-electron chi connectivity index (χ4n) is 5.19. The zero-order valence-corrected chi connectivity index (χ0v) is 18.2. The smallest absolute Gasteiger partial charge is 0.230 e. The van der Waals surface area contributed by atoms with Crippen molar-refractivity contribution < 1.29 is 14.3 Å². The van der Waals surface area contributed by atoms with Gasteiger partial charge >= 0.3 is 0 Å². The van der Waals surface area contributed by atoms with Crippen molar-refractivity contribution in [3.8, 4) is 0 Å². The SMILES string of the molecule is COC1CCC(C(=O)N2Cc3cccnc3Nc3ccc(C4CCOCC4)cc32)CC1. The van der Waals surface area contributed by atoms with E-state index in [2.05, 4.69) is 34.6 Å². The minimum atomic E-state index is 0.0456. The van der Waals surface area contributed by atoms with Crippen molar-refractivity contribution in [1.29, 1.82) is 0 Å². The second-order valence-electron chi connectivity index (χ2n) is 8.93. The van der Waals surface area contributed by atoms with E-state index in [-0.39, 0.29) is 17.9 Å². The Hall–Kier alpha value is -2.44. The van der Waals surface area contributed by atoms with E-state index >= 15 is 0 Å². The van der Waals surface area contributed by atoms with Gasteiger partial charge in [-0.3, -0.25) is 4.79 Å². The molecular weight excluding hydrogens is 390 g/mol. The van der Waals surface area contributed by atoms with E-state index in [1.807, 2.05) is 11.0 Å². The number of ether oxygens (including phenoxy) is 2. The van der Waals surface area contributed by atoms with Crippen molar-refractivity contribution in [3.05, 3.63) is 47.7 Å². The molecule has 3 heterocycles. The first-order valence-corrected chi connectivity index (χ1v) is 11.5. The van der Waals surface area contributed by atoms with Crippen molar-refractivity contribution in [2.24, 2.45) is 5.92 Å².